The molecule has 6 nitrogen and oxygen atoms in total. The van der Waals surface area contributed by atoms with E-state index in [1.165, 1.54) is 13.0 Å². The first kappa shape index (κ1) is 19.7. The number of benzene rings is 1. The fourth-order valence-corrected chi connectivity index (χ4v) is 2.23. The summed E-state index contributed by atoms with van der Waals surface area (Å²) < 4.78 is 41.5. The highest BCUT2D eigenvalue weighted by Gasteiger charge is 2.28. The summed E-state index contributed by atoms with van der Waals surface area (Å²) in [5, 5.41) is 5.19. The summed E-state index contributed by atoms with van der Waals surface area (Å²) in [6, 6.07) is 7.33. The molecule has 0 radical (unpaired) electrons. The Labute approximate surface area is 154 Å². The Kier molecular flexibility index (Phi) is 6.19. The lowest BCUT2D eigenvalue weighted by molar-refractivity contribution is -0.154. The molecular weight excluding hydrogens is 419 g/mol. The van der Waals surface area contributed by atoms with Crippen LogP contribution in [-0.4, -0.2) is 29.6 Å². The molecule has 2 rings (SSSR count). The molecule has 0 aliphatic carbocycles. The third-order valence-corrected chi connectivity index (χ3v) is 3.42. The Bertz CT molecular complexity index is 811. The largest absolute Gasteiger partial charge is 0.468 e. The number of nitrogens with zero attached hydrogens (tertiary/aromatic N) is 1. The summed E-state index contributed by atoms with van der Waals surface area (Å²) in [4.78, 5) is 27.2. The van der Waals surface area contributed by atoms with E-state index >= 15 is 0 Å². The van der Waals surface area contributed by atoms with Gasteiger partial charge in [0, 0.05) is 23.7 Å². The van der Waals surface area contributed by atoms with E-state index in [1.54, 1.807) is 18.2 Å². The minimum Gasteiger partial charge on any atom is -0.468 e. The molecular formula is C16H13BrF3N3O3. The van der Waals surface area contributed by atoms with Gasteiger partial charge in [-0.15, -0.1) is 0 Å². The second-order valence-electron chi connectivity index (χ2n) is 5.11. The summed E-state index contributed by atoms with van der Waals surface area (Å²) in [6.07, 6.45) is -3.38. The molecule has 10 heteroatoms. The van der Waals surface area contributed by atoms with Crippen molar-refractivity contribution in [3.63, 3.8) is 0 Å². The smallest absolute Gasteiger partial charge is 0.422 e. The summed E-state index contributed by atoms with van der Waals surface area (Å²) in [7, 11) is 0. The zero-order valence-corrected chi connectivity index (χ0v) is 14.9. The second-order valence-corrected chi connectivity index (χ2v) is 6.03. The molecule has 0 spiro atoms. The van der Waals surface area contributed by atoms with Gasteiger partial charge in [0.25, 0.3) is 5.91 Å². The van der Waals surface area contributed by atoms with Crippen molar-refractivity contribution in [2.45, 2.75) is 13.1 Å². The van der Waals surface area contributed by atoms with Crippen molar-refractivity contribution in [1.29, 1.82) is 0 Å². The van der Waals surface area contributed by atoms with Crippen molar-refractivity contribution in [3.8, 4) is 5.88 Å². The number of amides is 2. The average molecular weight is 432 g/mol. The summed E-state index contributed by atoms with van der Waals surface area (Å²) >= 11 is 3.27. The lowest BCUT2D eigenvalue weighted by Gasteiger charge is -2.12. The highest BCUT2D eigenvalue weighted by molar-refractivity contribution is 9.10. The van der Waals surface area contributed by atoms with Gasteiger partial charge in [0.2, 0.25) is 11.8 Å². The molecule has 1 aromatic carbocycles. The number of alkyl halides is 3. The van der Waals surface area contributed by atoms with Gasteiger partial charge in [-0.2, -0.15) is 13.2 Å². The van der Waals surface area contributed by atoms with Crippen molar-refractivity contribution >= 4 is 39.1 Å². The van der Waals surface area contributed by atoms with Crippen LogP contribution in [0.1, 0.15) is 17.3 Å². The fourth-order valence-electron chi connectivity index (χ4n) is 1.87. The molecule has 0 unspecified atom stereocenters. The number of ether oxygens (including phenoxy) is 1. The van der Waals surface area contributed by atoms with Crippen LogP contribution in [0.3, 0.4) is 0 Å². The molecule has 2 N–H and O–H groups in total. The van der Waals surface area contributed by atoms with Crippen LogP contribution in [0, 0.1) is 0 Å². The van der Waals surface area contributed by atoms with Crippen LogP contribution < -0.4 is 15.4 Å². The van der Waals surface area contributed by atoms with Crippen LogP contribution in [0.5, 0.6) is 5.88 Å². The van der Waals surface area contributed by atoms with Crippen molar-refractivity contribution in [1.82, 2.24) is 4.98 Å². The lowest BCUT2D eigenvalue weighted by Crippen LogP contribution is -2.20. The van der Waals surface area contributed by atoms with Gasteiger partial charge in [0.1, 0.15) is 0 Å². The topological polar surface area (TPSA) is 80.3 Å². The number of hydrogen-bond acceptors (Lipinski definition) is 4. The number of pyridine rings is 1. The van der Waals surface area contributed by atoms with Gasteiger partial charge >= 0.3 is 6.18 Å². The number of nitrogens with one attached hydrogen (secondary N) is 2. The van der Waals surface area contributed by atoms with Crippen LogP contribution in [0.15, 0.2) is 41.0 Å². The zero-order chi connectivity index (χ0) is 19.3. The molecule has 1 heterocycles. The number of hydrogen-bond donors (Lipinski definition) is 2. The maximum absolute atomic E-state index is 12.3. The van der Waals surface area contributed by atoms with Gasteiger partial charge in [0.05, 0.1) is 16.9 Å². The Morgan fingerprint density at radius 2 is 1.88 bits per heavy atom. The molecule has 0 fully saturated rings. The van der Waals surface area contributed by atoms with E-state index in [4.69, 9.17) is 0 Å². The zero-order valence-electron chi connectivity index (χ0n) is 13.4. The minimum absolute atomic E-state index is 0.109. The van der Waals surface area contributed by atoms with Crippen LogP contribution in [-0.2, 0) is 4.79 Å². The number of carbonyl (C=O) groups excluding carboxylic acids is 2. The van der Waals surface area contributed by atoms with Crippen molar-refractivity contribution in [3.05, 3.63) is 46.6 Å². The Balaban J connectivity index is 2.10. The molecule has 2 amide bonds. The molecule has 0 aliphatic heterocycles. The van der Waals surface area contributed by atoms with Gasteiger partial charge in [-0.25, -0.2) is 4.98 Å². The standard InChI is InChI=1S/C16H13BrF3N3O3/c1-9(24)22-12-4-3-11(17)6-13(12)23-15(25)10-2-5-14(21-7-10)26-8-16(18,19)20/h2-7H,8H2,1H3,(H,22,24)(H,23,25). The summed E-state index contributed by atoms with van der Waals surface area (Å²) in [5.41, 5.74) is 0.849. The predicted molar refractivity (Wildman–Crippen MR) is 92.2 cm³/mol. The number of aromatic nitrogens is 1. The van der Waals surface area contributed by atoms with E-state index in [1.807, 2.05) is 0 Å². The number of halogens is 4. The highest BCUT2D eigenvalue weighted by Crippen LogP contribution is 2.26. The van der Waals surface area contributed by atoms with Crippen molar-refractivity contribution in [2.75, 3.05) is 17.2 Å². The Morgan fingerprint density at radius 1 is 1.15 bits per heavy atom. The lowest BCUT2D eigenvalue weighted by atomic mass is 10.2. The van der Waals surface area contributed by atoms with Gasteiger partial charge < -0.3 is 15.4 Å². The molecule has 0 atom stereocenters. The third kappa shape index (κ3) is 6.03. The molecule has 26 heavy (non-hydrogen) atoms. The Hall–Kier alpha value is -2.62. The minimum atomic E-state index is -4.47. The Morgan fingerprint density at radius 3 is 2.46 bits per heavy atom. The third-order valence-electron chi connectivity index (χ3n) is 2.92. The fraction of sp³-hybridized carbons (Fsp3) is 0.188. The van der Waals surface area contributed by atoms with Crippen LogP contribution in [0.4, 0.5) is 24.5 Å². The molecule has 0 aliphatic rings. The van der Waals surface area contributed by atoms with E-state index in [0.29, 0.717) is 15.8 Å². The van der Waals surface area contributed by atoms with E-state index in [2.05, 4.69) is 36.3 Å². The normalized spacial score (nSPS) is 11.0. The van der Waals surface area contributed by atoms with E-state index < -0.39 is 18.7 Å². The van der Waals surface area contributed by atoms with Gasteiger partial charge in [0.15, 0.2) is 6.61 Å². The monoisotopic (exact) mass is 431 g/mol. The molecule has 0 bridgehead atoms. The number of rotatable bonds is 5. The summed E-state index contributed by atoms with van der Waals surface area (Å²) in [6.45, 7) is -0.138. The predicted octanol–water partition coefficient (Wildman–Crippen LogP) is 4.00. The van der Waals surface area contributed by atoms with E-state index in [-0.39, 0.29) is 17.4 Å². The summed E-state index contributed by atoms with van der Waals surface area (Å²) in [5.74, 6) is -1.11. The van der Waals surface area contributed by atoms with E-state index in [0.717, 1.165) is 12.3 Å². The molecule has 0 saturated carbocycles. The number of carbonyl (C=O) groups is 2. The molecule has 1 aromatic heterocycles. The van der Waals surface area contributed by atoms with Crippen LogP contribution >= 0.6 is 15.9 Å². The SMILES string of the molecule is CC(=O)Nc1ccc(Br)cc1NC(=O)c1ccc(OCC(F)(F)F)nc1. The van der Waals surface area contributed by atoms with Crippen LogP contribution in [0.2, 0.25) is 0 Å². The average Bonchev–Trinajstić information content (AvgIpc) is 2.55. The number of anilines is 2. The highest BCUT2D eigenvalue weighted by atomic mass is 79.9. The molecule has 0 saturated heterocycles. The second kappa shape index (κ2) is 8.17. The van der Waals surface area contributed by atoms with Gasteiger partial charge in [-0.1, -0.05) is 15.9 Å². The molecule has 2 aromatic rings. The first-order valence-corrected chi connectivity index (χ1v) is 7.97. The van der Waals surface area contributed by atoms with Crippen molar-refractivity contribution < 1.29 is 27.5 Å². The van der Waals surface area contributed by atoms with Crippen LogP contribution in [0.25, 0.3) is 0 Å². The maximum atomic E-state index is 12.3. The van der Waals surface area contributed by atoms with Gasteiger partial charge in [-0.05, 0) is 24.3 Å². The maximum Gasteiger partial charge on any atom is 0.422 e. The quantitative estimate of drug-likeness (QED) is 0.749. The van der Waals surface area contributed by atoms with Crippen molar-refractivity contribution in [2.24, 2.45) is 0 Å². The van der Waals surface area contributed by atoms with E-state index in [9.17, 15) is 22.8 Å². The molecule has 138 valence electrons. The van der Waals surface area contributed by atoms with Gasteiger partial charge in [-0.3, -0.25) is 9.59 Å². The first-order valence-electron chi connectivity index (χ1n) is 7.18. The first-order chi connectivity index (χ1) is 12.1.